The van der Waals surface area contributed by atoms with Crippen molar-refractivity contribution in [3.05, 3.63) is 49.6 Å². The van der Waals surface area contributed by atoms with E-state index in [4.69, 9.17) is 0 Å². The van der Waals surface area contributed by atoms with Crippen LogP contribution in [0.4, 0.5) is 0 Å². The molecule has 0 spiro atoms. The third-order valence-electron chi connectivity index (χ3n) is 2.58. The normalized spacial score (nSPS) is 10.1. The third kappa shape index (κ3) is 3.57. The van der Waals surface area contributed by atoms with Crippen LogP contribution < -0.4 is 5.56 Å². The fourth-order valence-corrected chi connectivity index (χ4v) is 2.61. The molecule has 1 heterocycles. The number of hydrogen-bond donors (Lipinski definition) is 1. The summed E-state index contributed by atoms with van der Waals surface area (Å²) in [5, 5.41) is 9.39. The first kappa shape index (κ1) is 17.1. The van der Waals surface area contributed by atoms with E-state index >= 15 is 0 Å². The first-order valence-electron chi connectivity index (χ1n) is 5.34. The molecule has 1 aromatic carbocycles. The van der Waals surface area contributed by atoms with E-state index < -0.39 is 0 Å². The quantitative estimate of drug-likeness (QED) is 0.696. The van der Waals surface area contributed by atoms with Gasteiger partial charge in [0, 0.05) is 39.3 Å². The van der Waals surface area contributed by atoms with E-state index in [2.05, 4.69) is 37.9 Å². The minimum atomic E-state index is -0.0915. The molecular formula is C13H10Br2NO2Y-. The van der Waals surface area contributed by atoms with Gasteiger partial charge in [-0.1, -0.05) is 27.2 Å². The summed E-state index contributed by atoms with van der Waals surface area (Å²) in [7, 11) is 0. The molecule has 0 aliphatic rings. The molecule has 1 aromatic heterocycles. The van der Waals surface area contributed by atoms with Crippen LogP contribution in [-0.4, -0.2) is 9.67 Å². The monoisotopic (exact) mass is 459 g/mol. The van der Waals surface area contributed by atoms with Crippen molar-refractivity contribution in [1.82, 2.24) is 4.57 Å². The summed E-state index contributed by atoms with van der Waals surface area (Å²) in [5.41, 5.74) is 1.42. The number of phenols is 1. The van der Waals surface area contributed by atoms with E-state index in [1.54, 1.807) is 28.8 Å². The Morgan fingerprint density at radius 3 is 2.58 bits per heavy atom. The molecular weight excluding hydrogens is 451 g/mol. The number of aromatic nitrogens is 1. The van der Waals surface area contributed by atoms with Crippen LogP contribution in [0.1, 0.15) is 6.92 Å². The summed E-state index contributed by atoms with van der Waals surface area (Å²) in [6, 6.07) is 9.62. The van der Waals surface area contributed by atoms with Gasteiger partial charge in [0.15, 0.2) is 0 Å². The van der Waals surface area contributed by atoms with Crippen molar-refractivity contribution in [1.29, 1.82) is 0 Å². The van der Waals surface area contributed by atoms with Crippen molar-refractivity contribution >= 4 is 31.9 Å². The van der Waals surface area contributed by atoms with Gasteiger partial charge in [-0.15, -0.1) is 22.0 Å². The van der Waals surface area contributed by atoms with Crippen molar-refractivity contribution in [2.24, 2.45) is 0 Å². The molecule has 1 N–H and O–H groups in total. The van der Waals surface area contributed by atoms with Crippen LogP contribution in [0.2, 0.25) is 0 Å². The zero-order chi connectivity index (χ0) is 13.3. The van der Waals surface area contributed by atoms with Crippen LogP contribution >= 0.6 is 31.9 Å². The maximum atomic E-state index is 12.0. The standard InChI is InChI=1S/C13H10Br2NO2.Y/c1-2-16-12(6-5-10(14)13(16)18)9-4-3-8(17)7-11(9)15;/h3-5,7,17H,2H2,1H3;/q-1;. The van der Waals surface area contributed by atoms with Gasteiger partial charge in [0.25, 0.3) is 0 Å². The first-order valence-corrected chi connectivity index (χ1v) is 6.93. The summed E-state index contributed by atoms with van der Waals surface area (Å²) >= 11 is 6.59. The molecule has 2 aromatic rings. The molecule has 0 unspecified atom stereocenters. The number of nitrogens with zero attached hydrogens (tertiary/aromatic N) is 1. The summed E-state index contributed by atoms with van der Waals surface area (Å²) in [4.78, 5) is 12.0. The van der Waals surface area contributed by atoms with Crippen molar-refractivity contribution in [2.75, 3.05) is 0 Å². The van der Waals surface area contributed by atoms with E-state index in [1.807, 2.05) is 6.92 Å². The molecule has 0 amide bonds. The van der Waals surface area contributed by atoms with Crippen LogP contribution in [0.5, 0.6) is 5.75 Å². The fraction of sp³-hybridized carbons (Fsp3) is 0.154. The topological polar surface area (TPSA) is 42.2 Å². The smallest absolute Gasteiger partial charge is 0.208 e. The van der Waals surface area contributed by atoms with Crippen LogP contribution in [0.15, 0.2) is 38.0 Å². The Kier molecular flexibility index (Phi) is 6.44. The second-order valence-corrected chi connectivity index (χ2v) is 5.41. The predicted octanol–water partition coefficient (Wildman–Crippen LogP) is 3.56. The van der Waals surface area contributed by atoms with Gasteiger partial charge in [-0.3, -0.25) is 4.79 Å². The second-order valence-electron chi connectivity index (χ2n) is 3.70. The van der Waals surface area contributed by atoms with E-state index in [9.17, 15) is 9.90 Å². The van der Waals surface area contributed by atoms with Crippen LogP contribution in [0.3, 0.4) is 0 Å². The Balaban J connectivity index is 0.00000180. The molecule has 6 heteroatoms. The average molecular weight is 461 g/mol. The summed E-state index contributed by atoms with van der Waals surface area (Å²) in [5.74, 6) is 0.174. The van der Waals surface area contributed by atoms with Gasteiger partial charge in [-0.05, 0) is 28.0 Å². The third-order valence-corrected chi connectivity index (χ3v) is 3.80. The molecule has 97 valence electrons. The Labute approximate surface area is 153 Å². The van der Waals surface area contributed by atoms with Gasteiger partial charge < -0.3 is 9.67 Å². The molecule has 19 heavy (non-hydrogen) atoms. The molecule has 0 aliphatic heterocycles. The number of rotatable bonds is 2. The van der Waals surface area contributed by atoms with E-state index in [1.165, 1.54) is 0 Å². The van der Waals surface area contributed by atoms with Gasteiger partial charge in [0.1, 0.15) is 5.75 Å². The Morgan fingerprint density at radius 1 is 1.32 bits per heavy atom. The minimum Gasteiger partial charge on any atom is -0.508 e. The largest absolute Gasteiger partial charge is 0.508 e. The maximum Gasteiger partial charge on any atom is 0.208 e. The molecule has 2 rings (SSSR count). The molecule has 0 saturated heterocycles. The average Bonchev–Trinajstić information content (AvgIpc) is 2.33. The van der Waals surface area contributed by atoms with Crippen LogP contribution in [0.25, 0.3) is 11.3 Å². The van der Waals surface area contributed by atoms with E-state index in [0.717, 1.165) is 10.0 Å². The van der Waals surface area contributed by atoms with Gasteiger partial charge >= 0.3 is 0 Å². The van der Waals surface area contributed by atoms with Crippen molar-refractivity contribution in [3.63, 3.8) is 0 Å². The Hall–Kier alpha value is 0.0339. The molecule has 1 radical (unpaired) electrons. The Bertz CT molecular complexity index is 656. The minimum absolute atomic E-state index is 0. The summed E-state index contributed by atoms with van der Waals surface area (Å²) in [6.45, 7) is 2.46. The van der Waals surface area contributed by atoms with E-state index in [-0.39, 0.29) is 44.0 Å². The van der Waals surface area contributed by atoms with E-state index in [0.29, 0.717) is 16.7 Å². The number of aromatic hydroxyl groups is 1. The molecule has 0 aliphatic carbocycles. The molecule has 0 saturated carbocycles. The number of pyridine rings is 1. The molecule has 0 fully saturated rings. The zero-order valence-corrected chi connectivity index (χ0v) is 16.2. The van der Waals surface area contributed by atoms with Crippen LogP contribution in [-0.2, 0) is 39.3 Å². The van der Waals surface area contributed by atoms with Gasteiger partial charge in [0.05, 0.1) is 0 Å². The van der Waals surface area contributed by atoms with Crippen LogP contribution in [0, 0.1) is 6.07 Å². The SMILES string of the molecule is CCn1c(-c2ccc(O)cc2Br)[c-]cc(Br)c1=O.[Y]. The number of halogens is 2. The Morgan fingerprint density at radius 2 is 2.00 bits per heavy atom. The molecule has 3 nitrogen and oxygen atoms in total. The maximum absolute atomic E-state index is 12.0. The van der Waals surface area contributed by atoms with Gasteiger partial charge in [-0.25, -0.2) is 0 Å². The fourth-order valence-electron chi connectivity index (χ4n) is 1.72. The summed E-state index contributed by atoms with van der Waals surface area (Å²) < 4.78 is 2.84. The predicted molar refractivity (Wildman–Crippen MR) is 77.7 cm³/mol. The van der Waals surface area contributed by atoms with Crippen molar-refractivity contribution < 1.29 is 37.8 Å². The van der Waals surface area contributed by atoms with Gasteiger partial charge in [0.2, 0.25) is 5.56 Å². The summed E-state index contributed by atoms with van der Waals surface area (Å²) in [6.07, 6.45) is 0. The molecule has 0 atom stereocenters. The van der Waals surface area contributed by atoms with Crippen molar-refractivity contribution in [3.8, 4) is 17.0 Å². The molecule has 0 bridgehead atoms. The number of hydrogen-bond acceptors (Lipinski definition) is 2. The van der Waals surface area contributed by atoms with Gasteiger partial charge in [-0.2, -0.15) is 12.1 Å². The first-order chi connectivity index (χ1) is 8.54. The zero-order valence-electron chi connectivity index (χ0n) is 10.2. The number of benzene rings is 1. The number of phenolic OH excluding ortho intramolecular Hbond substituents is 1. The van der Waals surface area contributed by atoms with Crippen molar-refractivity contribution in [2.45, 2.75) is 13.5 Å². The second kappa shape index (κ2) is 7.16.